The van der Waals surface area contributed by atoms with Crippen LogP contribution in [0.3, 0.4) is 0 Å². The van der Waals surface area contributed by atoms with Crippen LogP contribution in [0, 0.1) is 10.1 Å². The number of nitro groups is 1. The zero-order chi connectivity index (χ0) is 12.4. The molecular formula is C9H12N4O4. The average Bonchev–Trinajstić information content (AvgIpc) is 2.74. The highest BCUT2D eigenvalue weighted by molar-refractivity contribution is 5.63. The number of ether oxygens (including phenoxy) is 1. The van der Waals surface area contributed by atoms with Crippen LogP contribution in [0.1, 0.15) is 6.42 Å². The molecule has 1 atom stereocenters. The van der Waals surface area contributed by atoms with Crippen LogP contribution in [0.25, 0.3) is 0 Å². The molecule has 1 aromatic heterocycles. The Hall–Kier alpha value is -1.96. The highest BCUT2D eigenvalue weighted by atomic mass is 16.6. The topological polar surface area (TPSA) is 102 Å². The molecule has 1 aliphatic rings. The molecule has 0 aliphatic carbocycles. The first-order chi connectivity index (χ1) is 8.13. The summed E-state index contributed by atoms with van der Waals surface area (Å²) in [6, 6.07) is 0. The third kappa shape index (κ3) is 2.11. The summed E-state index contributed by atoms with van der Waals surface area (Å²) in [6.45, 7) is 0.864. The number of nitrogens with zero attached hydrogens (tertiary/aromatic N) is 4. The second-order valence-electron chi connectivity index (χ2n) is 3.70. The summed E-state index contributed by atoms with van der Waals surface area (Å²) in [5.41, 5.74) is -0.260. The number of anilines is 1. The lowest BCUT2D eigenvalue weighted by Crippen LogP contribution is -2.23. The van der Waals surface area contributed by atoms with Gasteiger partial charge in [-0.15, -0.1) is 0 Å². The highest BCUT2D eigenvalue weighted by Gasteiger charge is 2.31. The van der Waals surface area contributed by atoms with E-state index in [-0.39, 0.29) is 17.4 Å². The first kappa shape index (κ1) is 11.5. The number of β-amino-alcohol motifs (C(OH)–C–C–N with tert-alkyl or cyclic N) is 1. The average molecular weight is 240 g/mol. The van der Waals surface area contributed by atoms with Gasteiger partial charge in [-0.1, -0.05) is 0 Å². The van der Waals surface area contributed by atoms with Crippen LogP contribution < -0.4 is 9.64 Å². The fraction of sp³-hybridized carbons (Fsp3) is 0.556. The van der Waals surface area contributed by atoms with Crippen LogP contribution in [0.15, 0.2) is 6.33 Å². The first-order valence-corrected chi connectivity index (χ1v) is 5.10. The number of methoxy groups -OCH3 is 1. The van der Waals surface area contributed by atoms with E-state index in [0.717, 1.165) is 0 Å². The summed E-state index contributed by atoms with van der Waals surface area (Å²) in [7, 11) is 1.32. The summed E-state index contributed by atoms with van der Waals surface area (Å²) >= 11 is 0. The van der Waals surface area contributed by atoms with Gasteiger partial charge < -0.3 is 14.7 Å². The molecule has 8 nitrogen and oxygen atoms in total. The van der Waals surface area contributed by atoms with Gasteiger partial charge in [0.05, 0.1) is 18.1 Å². The van der Waals surface area contributed by atoms with Gasteiger partial charge in [0.1, 0.15) is 6.33 Å². The molecule has 8 heteroatoms. The summed E-state index contributed by atoms with van der Waals surface area (Å²) in [4.78, 5) is 19.7. The maximum atomic E-state index is 11.0. The molecule has 0 bridgehead atoms. The van der Waals surface area contributed by atoms with Crippen molar-refractivity contribution in [3.8, 4) is 5.88 Å². The second-order valence-corrected chi connectivity index (χ2v) is 3.70. The molecule has 0 saturated carbocycles. The van der Waals surface area contributed by atoms with Gasteiger partial charge in [-0.2, -0.15) is 4.98 Å². The zero-order valence-electron chi connectivity index (χ0n) is 9.24. The van der Waals surface area contributed by atoms with Crippen molar-refractivity contribution in [2.24, 2.45) is 0 Å². The van der Waals surface area contributed by atoms with E-state index >= 15 is 0 Å². The Morgan fingerprint density at radius 3 is 2.94 bits per heavy atom. The van der Waals surface area contributed by atoms with Crippen LogP contribution in [0.5, 0.6) is 5.88 Å². The predicted molar refractivity (Wildman–Crippen MR) is 58.1 cm³/mol. The maximum Gasteiger partial charge on any atom is 0.372 e. The van der Waals surface area contributed by atoms with Crippen molar-refractivity contribution < 1.29 is 14.8 Å². The minimum atomic E-state index is -0.571. The molecular weight excluding hydrogens is 228 g/mol. The molecule has 2 heterocycles. The molecule has 1 aliphatic heterocycles. The Morgan fingerprint density at radius 1 is 1.65 bits per heavy atom. The Kier molecular flexibility index (Phi) is 3.05. The van der Waals surface area contributed by atoms with Crippen molar-refractivity contribution in [1.29, 1.82) is 0 Å². The number of aliphatic hydroxyl groups is 1. The van der Waals surface area contributed by atoms with Crippen molar-refractivity contribution >= 4 is 11.5 Å². The lowest BCUT2D eigenvalue weighted by molar-refractivity contribution is -0.385. The van der Waals surface area contributed by atoms with Gasteiger partial charge in [-0.05, 0) is 6.42 Å². The summed E-state index contributed by atoms with van der Waals surface area (Å²) in [6.07, 6.45) is 1.31. The van der Waals surface area contributed by atoms with Gasteiger partial charge in [0, 0.05) is 13.1 Å². The molecule has 92 valence electrons. The fourth-order valence-electron chi connectivity index (χ4n) is 1.83. The fourth-order valence-corrected chi connectivity index (χ4v) is 1.83. The van der Waals surface area contributed by atoms with Crippen molar-refractivity contribution in [3.05, 3.63) is 16.4 Å². The van der Waals surface area contributed by atoms with Crippen LogP contribution in [-0.4, -0.2) is 46.3 Å². The third-order valence-electron chi connectivity index (χ3n) is 2.61. The quantitative estimate of drug-likeness (QED) is 0.584. The third-order valence-corrected chi connectivity index (χ3v) is 2.61. The lowest BCUT2D eigenvalue weighted by atomic mass is 10.3. The van der Waals surface area contributed by atoms with E-state index in [4.69, 9.17) is 4.74 Å². The molecule has 0 spiro atoms. The molecule has 0 amide bonds. The van der Waals surface area contributed by atoms with E-state index in [0.29, 0.717) is 19.5 Å². The maximum absolute atomic E-state index is 11.0. The van der Waals surface area contributed by atoms with Crippen molar-refractivity contribution in [2.75, 3.05) is 25.1 Å². The molecule has 1 unspecified atom stereocenters. The SMILES string of the molecule is COc1ncnc(N2CCC(O)C2)c1[N+](=O)[O-]. The van der Waals surface area contributed by atoms with E-state index in [1.807, 2.05) is 0 Å². The Balaban J connectivity index is 2.42. The molecule has 1 fully saturated rings. The van der Waals surface area contributed by atoms with Gasteiger partial charge in [-0.3, -0.25) is 10.1 Å². The molecule has 2 rings (SSSR count). The van der Waals surface area contributed by atoms with Crippen LogP contribution in [0.4, 0.5) is 11.5 Å². The van der Waals surface area contributed by atoms with E-state index in [1.54, 1.807) is 4.90 Å². The number of aliphatic hydroxyl groups excluding tert-OH is 1. The van der Waals surface area contributed by atoms with Crippen molar-refractivity contribution in [3.63, 3.8) is 0 Å². The van der Waals surface area contributed by atoms with E-state index in [2.05, 4.69) is 9.97 Å². The standard InChI is InChI=1S/C9H12N4O4/c1-17-9-7(13(15)16)8(10-5-11-9)12-3-2-6(14)4-12/h5-6,14H,2-4H2,1H3. The van der Waals surface area contributed by atoms with E-state index < -0.39 is 11.0 Å². The van der Waals surface area contributed by atoms with Gasteiger partial charge in [0.2, 0.25) is 5.82 Å². The van der Waals surface area contributed by atoms with Crippen LogP contribution in [-0.2, 0) is 0 Å². The van der Waals surface area contributed by atoms with Crippen molar-refractivity contribution in [1.82, 2.24) is 9.97 Å². The van der Waals surface area contributed by atoms with Crippen LogP contribution in [0.2, 0.25) is 0 Å². The molecule has 1 N–H and O–H groups in total. The van der Waals surface area contributed by atoms with Crippen molar-refractivity contribution in [2.45, 2.75) is 12.5 Å². The lowest BCUT2D eigenvalue weighted by Gasteiger charge is -2.16. The van der Waals surface area contributed by atoms with Gasteiger partial charge >= 0.3 is 5.69 Å². The highest BCUT2D eigenvalue weighted by Crippen LogP contribution is 2.34. The summed E-state index contributed by atoms with van der Waals surface area (Å²) in [5.74, 6) is 0.125. The number of rotatable bonds is 3. The zero-order valence-corrected chi connectivity index (χ0v) is 9.24. The van der Waals surface area contributed by atoms with Crippen LogP contribution >= 0.6 is 0 Å². The number of aromatic nitrogens is 2. The molecule has 0 radical (unpaired) electrons. The second kappa shape index (κ2) is 4.50. The smallest absolute Gasteiger partial charge is 0.372 e. The summed E-state index contributed by atoms with van der Waals surface area (Å²) < 4.78 is 4.85. The molecule has 0 aromatic carbocycles. The minimum absolute atomic E-state index is 0.0682. The van der Waals surface area contributed by atoms with E-state index in [1.165, 1.54) is 13.4 Å². The van der Waals surface area contributed by atoms with Gasteiger partial charge in [0.25, 0.3) is 5.88 Å². The Bertz CT molecular complexity index is 439. The summed E-state index contributed by atoms with van der Waals surface area (Å²) in [5, 5.41) is 20.4. The molecule has 1 aromatic rings. The molecule has 1 saturated heterocycles. The largest absolute Gasteiger partial charge is 0.476 e. The Labute approximate surface area is 97.0 Å². The van der Waals surface area contributed by atoms with E-state index in [9.17, 15) is 15.2 Å². The van der Waals surface area contributed by atoms with Gasteiger partial charge in [-0.25, -0.2) is 4.98 Å². The minimum Gasteiger partial charge on any atom is -0.476 e. The number of hydrogen-bond donors (Lipinski definition) is 1. The Morgan fingerprint density at radius 2 is 2.41 bits per heavy atom. The monoisotopic (exact) mass is 240 g/mol. The molecule has 17 heavy (non-hydrogen) atoms. The predicted octanol–water partition coefficient (Wildman–Crippen LogP) is -0.0356. The number of hydrogen-bond acceptors (Lipinski definition) is 7. The normalized spacial score (nSPS) is 19.4. The first-order valence-electron chi connectivity index (χ1n) is 5.10. The van der Waals surface area contributed by atoms with Gasteiger partial charge in [0.15, 0.2) is 0 Å².